The SMILES string of the molecule is NNC(c1cccc(OC2CC2)c1)c1ccc(F)cc1I. The molecular weight excluding hydrogens is 382 g/mol. The highest BCUT2D eigenvalue weighted by atomic mass is 127. The van der Waals surface area contributed by atoms with Gasteiger partial charge < -0.3 is 4.74 Å². The molecule has 5 heteroatoms. The molecule has 1 aliphatic carbocycles. The molecule has 0 bridgehead atoms. The molecule has 1 fully saturated rings. The molecule has 1 saturated carbocycles. The summed E-state index contributed by atoms with van der Waals surface area (Å²) in [5.74, 6) is 6.33. The second-order valence-electron chi connectivity index (χ2n) is 5.16. The minimum absolute atomic E-state index is 0.194. The lowest BCUT2D eigenvalue weighted by Crippen LogP contribution is -2.29. The normalized spacial score (nSPS) is 15.8. The van der Waals surface area contributed by atoms with E-state index in [1.165, 1.54) is 12.1 Å². The van der Waals surface area contributed by atoms with Crippen molar-refractivity contribution in [2.75, 3.05) is 0 Å². The van der Waals surface area contributed by atoms with Crippen LogP contribution in [0, 0.1) is 9.39 Å². The number of hydrogen-bond donors (Lipinski definition) is 2. The lowest BCUT2D eigenvalue weighted by Gasteiger charge is -2.19. The van der Waals surface area contributed by atoms with E-state index in [0.29, 0.717) is 6.10 Å². The quantitative estimate of drug-likeness (QED) is 0.460. The zero-order valence-corrected chi connectivity index (χ0v) is 13.5. The number of halogens is 2. The number of rotatable bonds is 5. The van der Waals surface area contributed by atoms with Gasteiger partial charge in [-0.1, -0.05) is 18.2 Å². The molecule has 3 nitrogen and oxygen atoms in total. The molecule has 110 valence electrons. The molecule has 0 saturated heterocycles. The average molecular weight is 398 g/mol. The molecular formula is C16H16FIN2O. The van der Waals surface area contributed by atoms with Crippen molar-refractivity contribution >= 4 is 22.6 Å². The first-order valence-electron chi connectivity index (χ1n) is 6.85. The third-order valence-electron chi connectivity index (χ3n) is 3.46. The van der Waals surface area contributed by atoms with E-state index in [0.717, 1.165) is 33.3 Å². The van der Waals surface area contributed by atoms with Gasteiger partial charge >= 0.3 is 0 Å². The number of hydrogen-bond acceptors (Lipinski definition) is 3. The molecule has 3 N–H and O–H groups in total. The van der Waals surface area contributed by atoms with Crippen LogP contribution in [0.1, 0.15) is 30.0 Å². The molecule has 2 aromatic carbocycles. The zero-order valence-electron chi connectivity index (χ0n) is 11.4. The molecule has 2 aromatic rings. The van der Waals surface area contributed by atoms with Crippen molar-refractivity contribution in [3.63, 3.8) is 0 Å². The summed E-state index contributed by atoms with van der Waals surface area (Å²) >= 11 is 2.12. The maximum absolute atomic E-state index is 13.3. The fraction of sp³-hybridized carbons (Fsp3) is 0.250. The van der Waals surface area contributed by atoms with Crippen LogP contribution < -0.4 is 16.0 Å². The van der Waals surface area contributed by atoms with Gasteiger partial charge in [-0.05, 0) is 70.8 Å². The highest BCUT2D eigenvalue weighted by molar-refractivity contribution is 14.1. The topological polar surface area (TPSA) is 47.3 Å². The van der Waals surface area contributed by atoms with Crippen LogP contribution in [0.3, 0.4) is 0 Å². The largest absolute Gasteiger partial charge is 0.490 e. The van der Waals surface area contributed by atoms with E-state index >= 15 is 0 Å². The molecule has 3 rings (SSSR count). The van der Waals surface area contributed by atoms with Gasteiger partial charge in [0.25, 0.3) is 0 Å². The minimum Gasteiger partial charge on any atom is -0.490 e. The minimum atomic E-state index is -0.246. The van der Waals surface area contributed by atoms with Gasteiger partial charge in [0, 0.05) is 3.57 Å². The fourth-order valence-electron chi connectivity index (χ4n) is 2.25. The van der Waals surface area contributed by atoms with Crippen LogP contribution in [0.25, 0.3) is 0 Å². The van der Waals surface area contributed by atoms with Crippen LogP contribution in [0.5, 0.6) is 5.75 Å². The van der Waals surface area contributed by atoms with Gasteiger partial charge in [0.2, 0.25) is 0 Å². The monoisotopic (exact) mass is 398 g/mol. The fourth-order valence-corrected chi connectivity index (χ4v) is 3.04. The summed E-state index contributed by atoms with van der Waals surface area (Å²) in [6.45, 7) is 0. The molecule has 0 radical (unpaired) electrons. The molecule has 1 unspecified atom stereocenters. The smallest absolute Gasteiger partial charge is 0.124 e. The average Bonchev–Trinajstić information content (AvgIpc) is 3.26. The summed E-state index contributed by atoms with van der Waals surface area (Å²) in [6, 6.07) is 12.4. The van der Waals surface area contributed by atoms with E-state index < -0.39 is 0 Å². The van der Waals surface area contributed by atoms with E-state index in [1.54, 1.807) is 6.07 Å². The molecule has 0 aliphatic heterocycles. The predicted molar refractivity (Wildman–Crippen MR) is 88.4 cm³/mol. The first-order valence-corrected chi connectivity index (χ1v) is 7.93. The number of nitrogens with two attached hydrogens (primary N) is 1. The summed E-state index contributed by atoms with van der Waals surface area (Å²) in [5, 5.41) is 0. The van der Waals surface area contributed by atoms with Gasteiger partial charge in [0.15, 0.2) is 0 Å². The Balaban J connectivity index is 1.91. The Hall–Kier alpha value is -1.18. The maximum atomic E-state index is 13.3. The molecule has 0 aromatic heterocycles. The predicted octanol–water partition coefficient (Wildman–Crippen LogP) is 3.52. The van der Waals surface area contributed by atoms with Crippen molar-refractivity contribution in [1.29, 1.82) is 0 Å². The molecule has 0 amide bonds. The third-order valence-corrected chi connectivity index (χ3v) is 4.39. The van der Waals surface area contributed by atoms with Crippen molar-refractivity contribution in [1.82, 2.24) is 5.43 Å². The van der Waals surface area contributed by atoms with Crippen molar-refractivity contribution in [2.45, 2.75) is 25.0 Å². The van der Waals surface area contributed by atoms with E-state index in [9.17, 15) is 4.39 Å². The van der Waals surface area contributed by atoms with Crippen LogP contribution >= 0.6 is 22.6 Å². The Morgan fingerprint density at radius 2 is 2.05 bits per heavy atom. The number of benzene rings is 2. The van der Waals surface area contributed by atoms with Gasteiger partial charge in [-0.15, -0.1) is 0 Å². The number of hydrazine groups is 1. The molecule has 0 spiro atoms. The van der Waals surface area contributed by atoms with Gasteiger partial charge in [-0.25, -0.2) is 9.82 Å². The van der Waals surface area contributed by atoms with Crippen LogP contribution in [0.2, 0.25) is 0 Å². The first kappa shape index (κ1) is 14.7. The van der Waals surface area contributed by atoms with Crippen molar-refractivity contribution in [3.8, 4) is 5.75 Å². The summed E-state index contributed by atoms with van der Waals surface area (Å²) in [5.41, 5.74) is 4.76. The third kappa shape index (κ3) is 3.53. The Morgan fingerprint density at radius 3 is 2.71 bits per heavy atom. The number of nitrogens with one attached hydrogen (secondary N) is 1. The van der Waals surface area contributed by atoms with Crippen LogP contribution in [0.15, 0.2) is 42.5 Å². The van der Waals surface area contributed by atoms with Gasteiger partial charge in [-0.3, -0.25) is 5.84 Å². The molecule has 1 atom stereocenters. The highest BCUT2D eigenvalue weighted by Gasteiger charge is 2.24. The first-order chi connectivity index (χ1) is 10.2. The summed E-state index contributed by atoms with van der Waals surface area (Å²) in [4.78, 5) is 0. The Kier molecular flexibility index (Phi) is 4.42. The van der Waals surface area contributed by atoms with Crippen LogP contribution in [0.4, 0.5) is 4.39 Å². The van der Waals surface area contributed by atoms with E-state index in [-0.39, 0.29) is 11.9 Å². The molecule has 1 aliphatic rings. The van der Waals surface area contributed by atoms with Crippen molar-refractivity contribution in [3.05, 3.63) is 63.0 Å². The van der Waals surface area contributed by atoms with E-state index in [1.807, 2.05) is 24.3 Å². The van der Waals surface area contributed by atoms with Crippen molar-refractivity contribution < 1.29 is 9.13 Å². The summed E-state index contributed by atoms with van der Waals surface area (Å²) in [7, 11) is 0. The Labute approximate surface area is 136 Å². The summed E-state index contributed by atoms with van der Waals surface area (Å²) < 4.78 is 19.9. The van der Waals surface area contributed by atoms with Crippen LogP contribution in [-0.2, 0) is 0 Å². The van der Waals surface area contributed by atoms with Gasteiger partial charge in [0.1, 0.15) is 11.6 Å². The second kappa shape index (κ2) is 6.29. The maximum Gasteiger partial charge on any atom is 0.124 e. The lowest BCUT2D eigenvalue weighted by molar-refractivity contribution is 0.302. The standard InChI is InChI=1S/C16H16FIN2O/c17-11-4-7-14(15(18)9-11)16(20-19)10-2-1-3-13(8-10)21-12-5-6-12/h1-4,7-9,12,16,20H,5-6,19H2. The summed E-state index contributed by atoms with van der Waals surface area (Å²) in [6.07, 6.45) is 2.60. The second-order valence-corrected chi connectivity index (χ2v) is 6.32. The Morgan fingerprint density at radius 1 is 1.24 bits per heavy atom. The van der Waals surface area contributed by atoms with Gasteiger partial charge in [0.05, 0.1) is 12.1 Å². The van der Waals surface area contributed by atoms with E-state index in [4.69, 9.17) is 10.6 Å². The highest BCUT2D eigenvalue weighted by Crippen LogP contribution is 2.31. The number of ether oxygens (including phenoxy) is 1. The van der Waals surface area contributed by atoms with Crippen molar-refractivity contribution in [2.24, 2.45) is 5.84 Å². The lowest BCUT2D eigenvalue weighted by atomic mass is 9.99. The van der Waals surface area contributed by atoms with Gasteiger partial charge in [-0.2, -0.15) is 0 Å². The van der Waals surface area contributed by atoms with Crippen LogP contribution in [-0.4, -0.2) is 6.10 Å². The van der Waals surface area contributed by atoms with E-state index in [2.05, 4.69) is 28.0 Å². The zero-order chi connectivity index (χ0) is 14.8. The molecule has 21 heavy (non-hydrogen) atoms. The molecule has 0 heterocycles. The Bertz CT molecular complexity index is 646.